The topological polar surface area (TPSA) is 61.9 Å². The average Bonchev–Trinajstić information content (AvgIpc) is 2.33. The van der Waals surface area contributed by atoms with Crippen molar-refractivity contribution in [2.24, 2.45) is 0 Å². The smallest absolute Gasteiger partial charge is 0.224 e. The van der Waals surface area contributed by atoms with Gasteiger partial charge in [0.1, 0.15) is 5.82 Å². The van der Waals surface area contributed by atoms with Crippen LogP contribution in [0, 0.1) is 0 Å². The SMILES string of the molecule is CNc1nc2c(c(NC3CCC3)n1)CNCC2. The molecule has 2 aliphatic rings. The van der Waals surface area contributed by atoms with E-state index < -0.39 is 0 Å². The maximum absolute atomic E-state index is 4.55. The van der Waals surface area contributed by atoms with Crippen LogP contribution in [-0.4, -0.2) is 29.6 Å². The zero-order chi connectivity index (χ0) is 11.7. The summed E-state index contributed by atoms with van der Waals surface area (Å²) in [5, 5.41) is 9.98. The molecule has 5 heteroatoms. The molecule has 1 aliphatic heterocycles. The Morgan fingerprint density at radius 1 is 1.29 bits per heavy atom. The molecular formula is C12H19N5. The molecule has 1 aromatic rings. The molecule has 0 atom stereocenters. The fourth-order valence-electron chi connectivity index (χ4n) is 2.32. The van der Waals surface area contributed by atoms with E-state index in [1.807, 2.05) is 7.05 Å². The largest absolute Gasteiger partial charge is 0.367 e. The summed E-state index contributed by atoms with van der Waals surface area (Å²) in [4.78, 5) is 9.09. The Hall–Kier alpha value is -1.36. The first-order valence-corrected chi connectivity index (χ1v) is 6.41. The van der Waals surface area contributed by atoms with Crippen LogP contribution in [0.25, 0.3) is 0 Å². The number of hydrogen-bond donors (Lipinski definition) is 3. The zero-order valence-corrected chi connectivity index (χ0v) is 10.2. The summed E-state index contributed by atoms with van der Waals surface area (Å²) in [6.07, 6.45) is 4.86. The third kappa shape index (κ3) is 2.07. The Kier molecular flexibility index (Phi) is 2.84. The number of rotatable bonds is 3. The van der Waals surface area contributed by atoms with E-state index in [-0.39, 0.29) is 0 Å². The molecule has 3 rings (SSSR count). The van der Waals surface area contributed by atoms with E-state index in [1.54, 1.807) is 0 Å². The summed E-state index contributed by atoms with van der Waals surface area (Å²) in [6.45, 7) is 1.89. The van der Waals surface area contributed by atoms with E-state index in [9.17, 15) is 0 Å². The fraction of sp³-hybridized carbons (Fsp3) is 0.667. The van der Waals surface area contributed by atoms with Crippen LogP contribution in [0.4, 0.5) is 11.8 Å². The van der Waals surface area contributed by atoms with Crippen molar-refractivity contribution in [1.82, 2.24) is 15.3 Å². The summed E-state index contributed by atoms with van der Waals surface area (Å²) in [5.74, 6) is 1.75. The fourth-order valence-corrected chi connectivity index (χ4v) is 2.32. The second-order valence-corrected chi connectivity index (χ2v) is 4.77. The van der Waals surface area contributed by atoms with Gasteiger partial charge in [0, 0.05) is 38.2 Å². The molecule has 17 heavy (non-hydrogen) atoms. The molecule has 1 saturated carbocycles. The Morgan fingerprint density at radius 2 is 2.18 bits per heavy atom. The van der Waals surface area contributed by atoms with Crippen molar-refractivity contribution in [3.8, 4) is 0 Å². The third-order valence-corrected chi connectivity index (χ3v) is 3.60. The van der Waals surface area contributed by atoms with Crippen LogP contribution in [0.5, 0.6) is 0 Å². The van der Waals surface area contributed by atoms with Gasteiger partial charge in [0.25, 0.3) is 0 Å². The van der Waals surface area contributed by atoms with Crippen LogP contribution < -0.4 is 16.0 Å². The predicted molar refractivity (Wildman–Crippen MR) is 68.3 cm³/mol. The quantitative estimate of drug-likeness (QED) is 0.730. The van der Waals surface area contributed by atoms with Crippen LogP contribution in [0.2, 0.25) is 0 Å². The van der Waals surface area contributed by atoms with Gasteiger partial charge >= 0.3 is 0 Å². The summed E-state index contributed by atoms with van der Waals surface area (Å²) in [5.41, 5.74) is 2.44. The van der Waals surface area contributed by atoms with Gasteiger partial charge in [-0.1, -0.05) is 0 Å². The predicted octanol–water partition coefficient (Wildman–Crippen LogP) is 1.13. The van der Waals surface area contributed by atoms with Crippen LogP contribution in [-0.2, 0) is 13.0 Å². The summed E-state index contributed by atoms with van der Waals surface area (Å²) >= 11 is 0. The van der Waals surface area contributed by atoms with Crippen molar-refractivity contribution >= 4 is 11.8 Å². The zero-order valence-electron chi connectivity index (χ0n) is 10.2. The van der Waals surface area contributed by atoms with E-state index in [2.05, 4.69) is 25.9 Å². The van der Waals surface area contributed by atoms with Gasteiger partial charge in [-0.3, -0.25) is 0 Å². The van der Waals surface area contributed by atoms with Crippen LogP contribution in [0.15, 0.2) is 0 Å². The van der Waals surface area contributed by atoms with Gasteiger partial charge in [-0.05, 0) is 19.3 Å². The lowest BCUT2D eigenvalue weighted by Gasteiger charge is -2.29. The highest BCUT2D eigenvalue weighted by Crippen LogP contribution is 2.27. The van der Waals surface area contributed by atoms with Gasteiger partial charge in [0.2, 0.25) is 5.95 Å². The van der Waals surface area contributed by atoms with Gasteiger partial charge in [0.15, 0.2) is 0 Å². The second kappa shape index (κ2) is 4.49. The van der Waals surface area contributed by atoms with Gasteiger partial charge in [-0.15, -0.1) is 0 Å². The molecule has 1 aliphatic carbocycles. The molecule has 5 nitrogen and oxygen atoms in total. The number of nitrogens with one attached hydrogen (secondary N) is 3. The molecule has 0 spiro atoms. The standard InChI is InChI=1S/C12H19N5/c1-13-12-16-10-5-6-14-7-9(10)11(17-12)15-8-3-2-4-8/h8,14H,2-7H2,1H3,(H2,13,15,16,17). The molecule has 0 radical (unpaired) electrons. The molecule has 0 bridgehead atoms. The monoisotopic (exact) mass is 233 g/mol. The summed E-state index contributed by atoms with van der Waals surface area (Å²) in [7, 11) is 1.87. The minimum atomic E-state index is 0.612. The summed E-state index contributed by atoms with van der Waals surface area (Å²) in [6, 6.07) is 0.612. The third-order valence-electron chi connectivity index (χ3n) is 3.60. The maximum atomic E-state index is 4.55. The highest BCUT2D eigenvalue weighted by molar-refractivity contribution is 5.52. The molecule has 3 N–H and O–H groups in total. The van der Waals surface area contributed by atoms with Crippen molar-refractivity contribution in [2.75, 3.05) is 24.2 Å². The molecule has 1 fully saturated rings. The maximum Gasteiger partial charge on any atom is 0.224 e. The Labute approximate surface area is 101 Å². The number of hydrogen-bond acceptors (Lipinski definition) is 5. The lowest BCUT2D eigenvalue weighted by atomic mass is 9.93. The van der Waals surface area contributed by atoms with E-state index in [1.165, 1.54) is 30.5 Å². The van der Waals surface area contributed by atoms with E-state index in [0.717, 1.165) is 31.3 Å². The van der Waals surface area contributed by atoms with Crippen molar-refractivity contribution in [2.45, 2.75) is 38.3 Å². The average molecular weight is 233 g/mol. The number of nitrogens with zero attached hydrogens (tertiary/aromatic N) is 2. The normalized spacial score (nSPS) is 19.4. The Bertz CT molecular complexity index is 414. The van der Waals surface area contributed by atoms with Crippen LogP contribution in [0.3, 0.4) is 0 Å². The van der Waals surface area contributed by atoms with Gasteiger partial charge in [0.05, 0.1) is 5.69 Å². The second-order valence-electron chi connectivity index (χ2n) is 4.77. The molecular weight excluding hydrogens is 214 g/mol. The first-order valence-electron chi connectivity index (χ1n) is 6.41. The molecule has 0 unspecified atom stereocenters. The number of fused-ring (bicyclic) bond motifs is 1. The minimum absolute atomic E-state index is 0.612. The molecule has 0 saturated heterocycles. The Balaban J connectivity index is 1.92. The van der Waals surface area contributed by atoms with Crippen LogP contribution in [0.1, 0.15) is 30.5 Å². The highest BCUT2D eigenvalue weighted by Gasteiger charge is 2.22. The van der Waals surface area contributed by atoms with Crippen molar-refractivity contribution in [3.05, 3.63) is 11.3 Å². The van der Waals surface area contributed by atoms with Gasteiger partial charge in [-0.2, -0.15) is 4.98 Å². The van der Waals surface area contributed by atoms with E-state index in [4.69, 9.17) is 0 Å². The van der Waals surface area contributed by atoms with E-state index in [0.29, 0.717) is 6.04 Å². The molecule has 1 aromatic heterocycles. The number of anilines is 2. The van der Waals surface area contributed by atoms with Crippen molar-refractivity contribution in [3.63, 3.8) is 0 Å². The molecule has 2 heterocycles. The van der Waals surface area contributed by atoms with Crippen molar-refractivity contribution < 1.29 is 0 Å². The number of aromatic nitrogens is 2. The van der Waals surface area contributed by atoms with Gasteiger partial charge in [-0.25, -0.2) is 4.98 Å². The Morgan fingerprint density at radius 3 is 2.88 bits per heavy atom. The first kappa shape index (κ1) is 10.8. The lowest BCUT2D eigenvalue weighted by Crippen LogP contribution is -2.31. The highest BCUT2D eigenvalue weighted by atomic mass is 15.2. The van der Waals surface area contributed by atoms with Crippen molar-refractivity contribution in [1.29, 1.82) is 0 Å². The van der Waals surface area contributed by atoms with Gasteiger partial charge < -0.3 is 16.0 Å². The molecule has 92 valence electrons. The first-order chi connectivity index (χ1) is 8.36. The minimum Gasteiger partial charge on any atom is -0.367 e. The molecule has 0 aromatic carbocycles. The summed E-state index contributed by atoms with van der Waals surface area (Å²) < 4.78 is 0. The van der Waals surface area contributed by atoms with E-state index >= 15 is 0 Å². The van der Waals surface area contributed by atoms with Crippen LogP contribution >= 0.6 is 0 Å². The lowest BCUT2D eigenvalue weighted by molar-refractivity contribution is 0.443. The molecule has 0 amide bonds.